The number of aromatic nitrogens is 2. The normalized spacial score (nSPS) is 10.2. The lowest BCUT2D eigenvalue weighted by atomic mass is 10.2. The molecule has 4 nitrogen and oxygen atoms in total. The molecule has 0 amide bonds. The van der Waals surface area contributed by atoms with E-state index < -0.39 is 0 Å². The van der Waals surface area contributed by atoms with E-state index in [9.17, 15) is 0 Å². The number of anilines is 1. The highest BCUT2D eigenvalue weighted by Crippen LogP contribution is 2.14. The van der Waals surface area contributed by atoms with Gasteiger partial charge in [-0.2, -0.15) is 4.98 Å². The topological polar surface area (TPSA) is 47.0 Å². The zero-order chi connectivity index (χ0) is 13.0. The average Bonchev–Trinajstić information content (AvgIpc) is 2.37. The molecule has 2 rings (SSSR count). The molecule has 1 N–H and O–H groups in total. The maximum atomic E-state index is 5.11. The minimum absolute atomic E-state index is 0.570. The van der Waals surface area contributed by atoms with Gasteiger partial charge in [0.05, 0.1) is 7.11 Å². The van der Waals surface area contributed by atoms with E-state index in [2.05, 4.69) is 31.2 Å². The summed E-state index contributed by atoms with van der Waals surface area (Å²) in [6, 6.07) is 9.91. The van der Waals surface area contributed by atoms with Crippen molar-refractivity contribution >= 4 is 21.9 Å². The van der Waals surface area contributed by atoms with Gasteiger partial charge in [0, 0.05) is 22.8 Å². The summed E-state index contributed by atoms with van der Waals surface area (Å²) >= 11 is 3.41. The number of hydrogen-bond donors (Lipinski definition) is 1. The van der Waals surface area contributed by atoms with E-state index in [0.29, 0.717) is 18.4 Å². The highest BCUT2D eigenvalue weighted by Gasteiger charge is 2.02. The van der Waals surface area contributed by atoms with Crippen LogP contribution in [0.5, 0.6) is 5.88 Å². The van der Waals surface area contributed by atoms with Gasteiger partial charge in [-0.05, 0) is 24.6 Å². The van der Waals surface area contributed by atoms with Crippen LogP contribution in [0.15, 0.2) is 34.8 Å². The first kappa shape index (κ1) is 12.8. The summed E-state index contributed by atoms with van der Waals surface area (Å²) in [4.78, 5) is 8.53. The van der Waals surface area contributed by atoms with Gasteiger partial charge >= 0.3 is 0 Å². The Hall–Kier alpha value is -1.62. The largest absolute Gasteiger partial charge is 0.481 e. The molecule has 0 atom stereocenters. The first-order valence-corrected chi connectivity index (χ1v) is 6.34. The summed E-state index contributed by atoms with van der Waals surface area (Å²) in [6.07, 6.45) is 0. The third-order valence-corrected chi connectivity index (χ3v) is 2.93. The van der Waals surface area contributed by atoms with Crippen LogP contribution in [0.4, 0.5) is 5.95 Å². The Morgan fingerprint density at radius 3 is 2.61 bits per heavy atom. The monoisotopic (exact) mass is 307 g/mol. The molecule has 0 unspecified atom stereocenters. The zero-order valence-electron chi connectivity index (χ0n) is 10.3. The quantitative estimate of drug-likeness (QED) is 0.942. The van der Waals surface area contributed by atoms with Gasteiger partial charge in [0.2, 0.25) is 11.8 Å². The van der Waals surface area contributed by atoms with Gasteiger partial charge in [-0.25, -0.2) is 4.98 Å². The van der Waals surface area contributed by atoms with Gasteiger partial charge in [0.25, 0.3) is 0 Å². The van der Waals surface area contributed by atoms with Crippen LogP contribution in [0.3, 0.4) is 0 Å². The summed E-state index contributed by atoms with van der Waals surface area (Å²) in [5.41, 5.74) is 2.04. The number of benzene rings is 1. The van der Waals surface area contributed by atoms with E-state index in [1.807, 2.05) is 31.2 Å². The maximum absolute atomic E-state index is 5.11. The van der Waals surface area contributed by atoms with Crippen LogP contribution in [0.25, 0.3) is 0 Å². The second-order valence-electron chi connectivity index (χ2n) is 3.86. The molecule has 0 spiro atoms. The van der Waals surface area contributed by atoms with Crippen molar-refractivity contribution in [1.29, 1.82) is 0 Å². The van der Waals surface area contributed by atoms with E-state index in [-0.39, 0.29) is 0 Å². The Morgan fingerprint density at radius 1 is 1.22 bits per heavy atom. The predicted molar refractivity (Wildman–Crippen MR) is 74.8 cm³/mol. The molecule has 0 saturated carbocycles. The Balaban J connectivity index is 2.05. The fourth-order valence-electron chi connectivity index (χ4n) is 1.51. The maximum Gasteiger partial charge on any atom is 0.226 e. The van der Waals surface area contributed by atoms with Crippen molar-refractivity contribution in [1.82, 2.24) is 9.97 Å². The third-order valence-electron chi connectivity index (χ3n) is 2.40. The average molecular weight is 308 g/mol. The van der Waals surface area contributed by atoms with Gasteiger partial charge in [0.1, 0.15) is 0 Å². The number of rotatable bonds is 4. The molecule has 1 aromatic carbocycles. The van der Waals surface area contributed by atoms with E-state index >= 15 is 0 Å². The fraction of sp³-hybridized carbons (Fsp3) is 0.231. The van der Waals surface area contributed by atoms with Gasteiger partial charge in [-0.15, -0.1) is 0 Å². The van der Waals surface area contributed by atoms with Crippen LogP contribution in [-0.2, 0) is 6.54 Å². The molecule has 94 valence electrons. The molecule has 1 aromatic heterocycles. The minimum Gasteiger partial charge on any atom is -0.481 e. The molecule has 1 heterocycles. The molecule has 0 aliphatic carbocycles. The lowest BCUT2D eigenvalue weighted by Gasteiger charge is -2.07. The van der Waals surface area contributed by atoms with Crippen LogP contribution in [0, 0.1) is 6.92 Å². The van der Waals surface area contributed by atoms with Crippen molar-refractivity contribution in [2.45, 2.75) is 13.5 Å². The number of ether oxygens (including phenoxy) is 1. The predicted octanol–water partition coefficient (Wildman–Crippen LogP) is 3.17. The molecule has 2 aromatic rings. The second-order valence-corrected chi connectivity index (χ2v) is 4.77. The minimum atomic E-state index is 0.570. The standard InChI is InChI=1S/C13H14BrN3O/c1-9-7-12(18-2)17-13(16-9)15-8-10-3-5-11(14)6-4-10/h3-7H,8H2,1-2H3,(H,15,16,17). The molecule has 0 bridgehead atoms. The van der Waals surface area contributed by atoms with Crippen molar-refractivity contribution < 1.29 is 4.74 Å². The van der Waals surface area contributed by atoms with Crippen LogP contribution in [0.2, 0.25) is 0 Å². The Kier molecular flexibility index (Phi) is 4.15. The van der Waals surface area contributed by atoms with Crippen molar-refractivity contribution in [3.63, 3.8) is 0 Å². The molecule has 0 radical (unpaired) electrons. The number of nitrogens with zero attached hydrogens (tertiary/aromatic N) is 2. The molecule has 18 heavy (non-hydrogen) atoms. The van der Waals surface area contributed by atoms with Crippen LogP contribution >= 0.6 is 15.9 Å². The lowest BCUT2D eigenvalue weighted by molar-refractivity contribution is 0.397. The van der Waals surface area contributed by atoms with Gasteiger partial charge in [-0.1, -0.05) is 28.1 Å². The fourth-order valence-corrected chi connectivity index (χ4v) is 1.77. The SMILES string of the molecule is COc1cc(C)nc(NCc2ccc(Br)cc2)n1. The van der Waals surface area contributed by atoms with E-state index in [4.69, 9.17) is 4.74 Å². The highest BCUT2D eigenvalue weighted by molar-refractivity contribution is 9.10. The third kappa shape index (κ3) is 3.43. The van der Waals surface area contributed by atoms with Gasteiger partial charge in [-0.3, -0.25) is 0 Å². The van der Waals surface area contributed by atoms with Crippen LogP contribution in [-0.4, -0.2) is 17.1 Å². The zero-order valence-corrected chi connectivity index (χ0v) is 11.9. The summed E-state index contributed by atoms with van der Waals surface area (Å²) in [6.45, 7) is 2.59. The van der Waals surface area contributed by atoms with Crippen LogP contribution in [0.1, 0.15) is 11.3 Å². The smallest absolute Gasteiger partial charge is 0.226 e. The second kappa shape index (κ2) is 5.82. The van der Waals surface area contributed by atoms with E-state index in [1.165, 1.54) is 5.56 Å². The van der Waals surface area contributed by atoms with Crippen molar-refractivity contribution in [3.05, 3.63) is 46.1 Å². The molecule has 5 heteroatoms. The van der Waals surface area contributed by atoms with E-state index in [1.54, 1.807) is 13.2 Å². The van der Waals surface area contributed by atoms with E-state index in [0.717, 1.165) is 10.2 Å². The molecule has 0 aliphatic rings. The first-order chi connectivity index (χ1) is 8.67. The Bertz CT molecular complexity index is 528. The molecule has 0 saturated heterocycles. The van der Waals surface area contributed by atoms with Crippen LogP contribution < -0.4 is 10.1 Å². The number of hydrogen-bond acceptors (Lipinski definition) is 4. The Morgan fingerprint density at radius 2 is 1.94 bits per heavy atom. The molecular formula is C13H14BrN3O. The number of nitrogens with one attached hydrogen (secondary N) is 1. The van der Waals surface area contributed by atoms with Gasteiger partial charge < -0.3 is 10.1 Å². The number of halogens is 1. The summed E-state index contributed by atoms with van der Waals surface area (Å²) < 4.78 is 6.18. The lowest BCUT2D eigenvalue weighted by Crippen LogP contribution is -2.05. The highest BCUT2D eigenvalue weighted by atomic mass is 79.9. The summed E-state index contributed by atoms with van der Waals surface area (Å²) in [7, 11) is 1.60. The first-order valence-electron chi connectivity index (χ1n) is 5.55. The number of methoxy groups -OCH3 is 1. The van der Waals surface area contributed by atoms with Crippen molar-refractivity contribution in [2.24, 2.45) is 0 Å². The molecular weight excluding hydrogens is 294 g/mol. The summed E-state index contributed by atoms with van der Waals surface area (Å²) in [5, 5.41) is 3.18. The molecule has 0 fully saturated rings. The Labute approximate surface area is 115 Å². The molecule has 0 aliphatic heterocycles. The van der Waals surface area contributed by atoms with Crippen molar-refractivity contribution in [3.8, 4) is 5.88 Å². The number of aryl methyl sites for hydroxylation is 1. The van der Waals surface area contributed by atoms with Crippen molar-refractivity contribution in [2.75, 3.05) is 12.4 Å². The van der Waals surface area contributed by atoms with Gasteiger partial charge in [0.15, 0.2) is 0 Å². The summed E-state index contributed by atoms with van der Waals surface area (Å²) in [5.74, 6) is 1.15.